The Balaban J connectivity index is 2.12. The summed E-state index contributed by atoms with van der Waals surface area (Å²) >= 11 is 5.75. The molecule has 2 rings (SSSR count). The first-order valence-corrected chi connectivity index (χ1v) is 6.23. The second kappa shape index (κ2) is 5.75. The number of nitro groups is 1. The summed E-state index contributed by atoms with van der Waals surface area (Å²) in [4.78, 5) is 10.5. The molecule has 0 saturated heterocycles. The molecule has 0 atom stereocenters. The van der Waals surface area contributed by atoms with Crippen molar-refractivity contribution in [1.29, 1.82) is 0 Å². The summed E-state index contributed by atoms with van der Waals surface area (Å²) in [5.41, 5.74) is 0.374. The third-order valence-corrected chi connectivity index (χ3v) is 2.91. The summed E-state index contributed by atoms with van der Waals surface area (Å²) < 4.78 is 5.52. The highest BCUT2D eigenvalue weighted by molar-refractivity contribution is 6.30. The van der Waals surface area contributed by atoms with Crippen molar-refractivity contribution in [2.75, 3.05) is 5.32 Å². The number of rotatable bonds is 5. The van der Waals surface area contributed by atoms with Gasteiger partial charge in [0, 0.05) is 17.5 Å². The van der Waals surface area contributed by atoms with Gasteiger partial charge in [-0.15, -0.1) is 0 Å². The smallest absolute Gasteiger partial charge is 0.293 e. The predicted octanol–water partition coefficient (Wildman–Crippen LogP) is 4.02. The van der Waals surface area contributed by atoms with E-state index in [0.717, 1.165) is 17.9 Å². The Morgan fingerprint density at radius 3 is 2.68 bits per heavy atom. The zero-order valence-electron chi connectivity index (χ0n) is 10.4. The molecule has 0 saturated carbocycles. The van der Waals surface area contributed by atoms with Gasteiger partial charge in [-0.1, -0.05) is 18.5 Å². The molecule has 1 aromatic heterocycles. The van der Waals surface area contributed by atoms with Gasteiger partial charge in [0.2, 0.25) is 0 Å². The van der Waals surface area contributed by atoms with Crippen molar-refractivity contribution < 1.29 is 9.34 Å². The van der Waals surface area contributed by atoms with Gasteiger partial charge in [0.05, 0.1) is 11.5 Å². The van der Waals surface area contributed by atoms with E-state index in [0.29, 0.717) is 17.3 Å². The Morgan fingerprint density at radius 2 is 2.05 bits per heavy atom. The van der Waals surface area contributed by atoms with E-state index in [1.165, 1.54) is 6.07 Å². The van der Waals surface area contributed by atoms with E-state index >= 15 is 0 Å². The predicted molar refractivity (Wildman–Crippen MR) is 73.5 cm³/mol. The molecule has 0 radical (unpaired) electrons. The molecule has 1 heterocycles. The molecule has 5 nitrogen and oxygen atoms in total. The highest BCUT2D eigenvalue weighted by Crippen LogP contribution is 2.28. The van der Waals surface area contributed by atoms with Crippen LogP contribution >= 0.6 is 11.6 Å². The summed E-state index contributed by atoms with van der Waals surface area (Å²) in [6.45, 7) is 2.39. The quantitative estimate of drug-likeness (QED) is 0.663. The monoisotopic (exact) mass is 280 g/mol. The Kier molecular flexibility index (Phi) is 4.06. The lowest BCUT2D eigenvalue weighted by Crippen LogP contribution is -2.01. The van der Waals surface area contributed by atoms with Crippen molar-refractivity contribution in [3.05, 3.63) is 57.0 Å². The number of aryl methyl sites for hydroxylation is 1. The first-order chi connectivity index (χ1) is 9.10. The summed E-state index contributed by atoms with van der Waals surface area (Å²) in [6.07, 6.45) is 0.821. The minimum Gasteiger partial charge on any atom is -0.464 e. The standard InChI is InChI=1S/C13H13ClN2O3/c1-2-10-4-5-11(19-10)8-15-12-6-3-9(14)7-13(12)16(17)18/h3-7,15H,2,8H2,1H3. The topological polar surface area (TPSA) is 68.3 Å². The Bertz CT molecular complexity index is 595. The van der Waals surface area contributed by atoms with E-state index in [4.69, 9.17) is 16.0 Å². The van der Waals surface area contributed by atoms with Crippen LogP contribution in [0, 0.1) is 10.1 Å². The second-order valence-electron chi connectivity index (χ2n) is 3.99. The highest BCUT2D eigenvalue weighted by Gasteiger charge is 2.14. The van der Waals surface area contributed by atoms with Gasteiger partial charge in [0.15, 0.2) is 0 Å². The van der Waals surface area contributed by atoms with Gasteiger partial charge in [-0.2, -0.15) is 0 Å². The van der Waals surface area contributed by atoms with Gasteiger partial charge in [-0.05, 0) is 24.3 Å². The molecule has 0 aliphatic rings. The van der Waals surface area contributed by atoms with Gasteiger partial charge in [0.1, 0.15) is 17.2 Å². The molecule has 6 heteroatoms. The molecular weight excluding hydrogens is 268 g/mol. The number of hydrogen-bond acceptors (Lipinski definition) is 4. The largest absolute Gasteiger partial charge is 0.464 e. The average Bonchev–Trinajstić information content (AvgIpc) is 2.85. The van der Waals surface area contributed by atoms with Crippen molar-refractivity contribution in [1.82, 2.24) is 0 Å². The van der Waals surface area contributed by atoms with Crippen LogP contribution < -0.4 is 5.32 Å². The van der Waals surface area contributed by atoms with Gasteiger partial charge >= 0.3 is 0 Å². The fraction of sp³-hybridized carbons (Fsp3) is 0.231. The third-order valence-electron chi connectivity index (χ3n) is 2.68. The van der Waals surface area contributed by atoms with E-state index in [9.17, 15) is 10.1 Å². The highest BCUT2D eigenvalue weighted by atomic mass is 35.5. The number of nitrogens with zero attached hydrogens (tertiary/aromatic N) is 1. The van der Waals surface area contributed by atoms with E-state index in [2.05, 4.69) is 5.32 Å². The number of halogens is 1. The lowest BCUT2D eigenvalue weighted by atomic mass is 10.2. The molecule has 100 valence electrons. The van der Waals surface area contributed by atoms with Crippen LogP contribution in [0.1, 0.15) is 18.4 Å². The molecule has 19 heavy (non-hydrogen) atoms. The van der Waals surface area contributed by atoms with E-state index in [1.807, 2.05) is 19.1 Å². The van der Waals surface area contributed by atoms with Crippen molar-refractivity contribution in [3.63, 3.8) is 0 Å². The van der Waals surface area contributed by atoms with Crippen LogP contribution in [0.15, 0.2) is 34.7 Å². The van der Waals surface area contributed by atoms with E-state index < -0.39 is 4.92 Å². The first kappa shape index (κ1) is 13.4. The van der Waals surface area contributed by atoms with Gasteiger partial charge < -0.3 is 9.73 Å². The van der Waals surface area contributed by atoms with Crippen molar-refractivity contribution >= 4 is 23.0 Å². The number of nitrogens with one attached hydrogen (secondary N) is 1. The number of anilines is 1. The fourth-order valence-corrected chi connectivity index (χ4v) is 1.86. The molecule has 0 unspecified atom stereocenters. The van der Waals surface area contributed by atoms with Crippen LogP contribution in [-0.2, 0) is 13.0 Å². The molecule has 1 N–H and O–H groups in total. The zero-order chi connectivity index (χ0) is 13.8. The number of nitro benzene ring substituents is 1. The van der Waals surface area contributed by atoms with Crippen molar-refractivity contribution in [3.8, 4) is 0 Å². The van der Waals surface area contributed by atoms with Gasteiger partial charge in [-0.3, -0.25) is 10.1 Å². The molecule has 0 bridgehead atoms. The summed E-state index contributed by atoms with van der Waals surface area (Å²) in [6, 6.07) is 8.27. The molecule has 0 fully saturated rings. The van der Waals surface area contributed by atoms with Crippen LogP contribution in [-0.4, -0.2) is 4.92 Å². The molecule has 0 aliphatic heterocycles. The molecule has 1 aromatic carbocycles. The summed E-state index contributed by atoms with van der Waals surface area (Å²) in [5.74, 6) is 1.63. The van der Waals surface area contributed by atoms with Gasteiger partial charge in [0.25, 0.3) is 5.69 Å². The average molecular weight is 281 g/mol. The Hall–Kier alpha value is -2.01. The SMILES string of the molecule is CCc1ccc(CNc2ccc(Cl)cc2[N+](=O)[O-])o1. The number of furan rings is 1. The minimum absolute atomic E-state index is 0.0465. The molecule has 2 aromatic rings. The maximum atomic E-state index is 10.9. The Morgan fingerprint density at radius 1 is 1.32 bits per heavy atom. The third kappa shape index (κ3) is 3.26. The first-order valence-electron chi connectivity index (χ1n) is 5.85. The minimum atomic E-state index is -0.464. The van der Waals surface area contributed by atoms with E-state index in [-0.39, 0.29) is 5.69 Å². The number of hydrogen-bond donors (Lipinski definition) is 1. The van der Waals surface area contributed by atoms with Crippen LogP contribution in [0.3, 0.4) is 0 Å². The maximum absolute atomic E-state index is 10.9. The lowest BCUT2D eigenvalue weighted by molar-refractivity contribution is -0.383. The summed E-state index contributed by atoms with van der Waals surface area (Å²) in [7, 11) is 0. The summed E-state index contributed by atoms with van der Waals surface area (Å²) in [5, 5.41) is 14.2. The normalized spacial score (nSPS) is 10.4. The molecule has 0 spiro atoms. The van der Waals surface area contributed by atoms with Crippen LogP contribution in [0.25, 0.3) is 0 Å². The molecule has 0 amide bonds. The fourth-order valence-electron chi connectivity index (χ4n) is 1.70. The van der Waals surface area contributed by atoms with Crippen LogP contribution in [0.2, 0.25) is 5.02 Å². The second-order valence-corrected chi connectivity index (χ2v) is 4.43. The van der Waals surface area contributed by atoms with Crippen LogP contribution in [0.4, 0.5) is 11.4 Å². The van der Waals surface area contributed by atoms with Crippen molar-refractivity contribution in [2.24, 2.45) is 0 Å². The van der Waals surface area contributed by atoms with Gasteiger partial charge in [-0.25, -0.2) is 0 Å². The van der Waals surface area contributed by atoms with E-state index in [1.54, 1.807) is 12.1 Å². The maximum Gasteiger partial charge on any atom is 0.293 e. The molecular formula is C13H13ClN2O3. The number of benzene rings is 1. The Labute approximate surface area is 115 Å². The van der Waals surface area contributed by atoms with Crippen molar-refractivity contribution in [2.45, 2.75) is 19.9 Å². The van der Waals surface area contributed by atoms with Crippen LogP contribution in [0.5, 0.6) is 0 Å². The lowest BCUT2D eigenvalue weighted by Gasteiger charge is -2.05. The molecule has 0 aliphatic carbocycles. The zero-order valence-corrected chi connectivity index (χ0v) is 11.1.